The van der Waals surface area contributed by atoms with Gasteiger partial charge < -0.3 is 13.9 Å². The summed E-state index contributed by atoms with van der Waals surface area (Å²) in [5.74, 6) is -0.123. The zero-order valence-corrected chi connectivity index (χ0v) is 13.3. The first-order chi connectivity index (χ1) is 11.3. The van der Waals surface area contributed by atoms with Crippen molar-refractivity contribution in [3.05, 3.63) is 54.7 Å². The van der Waals surface area contributed by atoms with E-state index in [-0.39, 0.29) is 5.97 Å². The fourth-order valence-electron chi connectivity index (χ4n) is 2.84. The molecule has 0 amide bonds. The predicted octanol–water partition coefficient (Wildman–Crippen LogP) is 3.23. The van der Waals surface area contributed by atoms with Gasteiger partial charge in [0.15, 0.2) is 0 Å². The van der Waals surface area contributed by atoms with E-state index in [9.17, 15) is 4.79 Å². The van der Waals surface area contributed by atoms with Gasteiger partial charge in [-0.05, 0) is 25.0 Å². The van der Waals surface area contributed by atoms with E-state index in [1.165, 1.54) is 16.5 Å². The third kappa shape index (κ3) is 3.62. The lowest BCUT2D eigenvalue weighted by Crippen LogP contribution is -2.06. The number of nitrogens with zero attached hydrogens (tertiary/aromatic N) is 3. The molecule has 0 fully saturated rings. The van der Waals surface area contributed by atoms with E-state index in [0.29, 0.717) is 13.0 Å². The Morgan fingerprint density at radius 1 is 1.30 bits per heavy atom. The number of carbonyl (C=O) groups excluding carboxylic acids is 1. The average Bonchev–Trinajstić information content (AvgIpc) is 3.17. The number of aromatic nitrogens is 3. The average molecular weight is 311 g/mol. The minimum absolute atomic E-state index is 0.123. The molecule has 0 spiro atoms. The highest BCUT2D eigenvalue weighted by Crippen LogP contribution is 2.22. The lowest BCUT2D eigenvalue weighted by Gasteiger charge is -2.05. The lowest BCUT2D eigenvalue weighted by atomic mass is 10.2. The van der Waals surface area contributed by atoms with Gasteiger partial charge in [-0.3, -0.25) is 4.79 Å². The minimum atomic E-state index is -0.123. The van der Waals surface area contributed by atoms with Crippen LogP contribution in [-0.2, 0) is 22.6 Å². The SMILES string of the molecule is CCOC(=O)CCCn1cc(Cn2ccnc2)c2ccccc21. The van der Waals surface area contributed by atoms with Gasteiger partial charge in [-0.2, -0.15) is 0 Å². The Kier molecular flexibility index (Phi) is 4.76. The number of esters is 1. The first-order valence-electron chi connectivity index (χ1n) is 7.96. The molecule has 0 unspecified atom stereocenters. The van der Waals surface area contributed by atoms with Crippen LogP contribution in [0, 0.1) is 0 Å². The molecule has 1 aromatic carbocycles. The van der Waals surface area contributed by atoms with Gasteiger partial charge in [0.25, 0.3) is 0 Å². The fraction of sp³-hybridized carbons (Fsp3) is 0.333. The molecule has 0 bridgehead atoms. The molecular weight excluding hydrogens is 290 g/mol. The molecule has 3 rings (SSSR count). The van der Waals surface area contributed by atoms with Crippen LogP contribution in [0.4, 0.5) is 0 Å². The van der Waals surface area contributed by atoms with Crippen LogP contribution in [0.1, 0.15) is 25.3 Å². The standard InChI is InChI=1S/C18H21N3O2/c1-2-23-18(22)8-5-10-21-13-15(12-20-11-9-19-14-20)16-6-3-4-7-17(16)21/h3-4,6-7,9,11,13-14H,2,5,8,10,12H2,1H3. The molecule has 5 nitrogen and oxygen atoms in total. The van der Waals surface area contributed by atoms with E-state index >= 15 is 0 Å². The highest BCUT2D eigenvalue weighted by atomic mass is 16.5. The van der Waals surface area contributed by atoms with Crippen LogP contribution in [0.2, 0.25) is 0 Å². The van der Waals surface area contributed by atoms with Crippen molar-refractivity contribution in [1.82, 2.24) is 14.1 Å². The third-order valence-electron chi connectivity index (χ3n) is 3.87. The molecule has 2 heterocycles. The van der Waals surface area contributed by atoms with Gasteiger partial charge in [0.05, 0.1) is 19.5 Å². The lowest BCUT2D eigenvalue weighted by molar-refractivity contribution is -0.143. The summed E-state index contributed by atoms with van der Waals surface area (Å²) < 4.78 is 9.27. The van der Waals surface area contributed by atoms with Crippen LogP contribution >= 0.6 is 0 Å². The Morgan fingerprint density at radius 3 is 2.96 bits per heavy atom. The molecule has 0 saturated carbocycles. The zero-order chi connectivity index (χ0) is 16.1. The predicted molar refractivity (Wildman–Crippen MR) is 89.1 cm³/mol. The Morgan fingerprint density at radius 2 is 2.17 bits per heavy atom. The minimum Gasteiger partial charge on any atom is -0.466 e. The molecule has 0 N–H and O–H groups in total. The number of hydrogen-bond acceptors (Lipinski definition) is 3. The quantitative estimate of drug-likeness (QED) is 0.629. The summed E-state index contributed by atoms with van der Waals surface area (Å²) in [6.07, 6.45) is 8.99. The molecule has 0 aliphatic rings. The maximum atomic E-state index is 11.5. The molecule has 0 atom stereocenters. The summed E-state index contributed by atoms with van der Waals surface area (Å²) in [5.41, 5.74) is 2.46. The first kappa shape index (κ1) is 15.3. The Labute approximate surface area is 135 Å². The van der Waals surface area contributed by atoms with Crippen molar-refractivity contribution >= 4 is 16.9 Å². The van der Waals surface area contributed by atoms with Crippen molar-refractivity contribution in [2.45, 2.75) is 32.9 Å². The molecular formula is C18H21N3O2. The van der Waals surface area contributed by atoms with Gasteiger partial charge in [0.1, 0.15) is 0 Å². The summed E-state index contributed by atoms with van der Waals surface area (Å²) in [4.78, 5) is 15.6. The van der Waals surface area contributed by atoms with E-state index < -0.39 is 0 Å². The van der Waals surface area contributed by atoms with Crippen LogP contribution < -0.4 is 0 Å². The van der Waals surface area contributed by atoms with Gasteiger partial charge in [-0.1, -0.05) is 18.2 Å². The molecule has 2 aromatic heterocycles. The summed E-state index contributed by atoms with van der Waals surface area (Å²) in [5, 5.41) is 1.25. The van der Waals surface area contributed by atoms with Crippen molar-refractivity contribution in [3.8, 4) is 0 Å². The van der Waals surface area contributed by atoms with E-state index in [4.69, 9.17) is 4.74 Å². The zero-order valence-electron chi connectivity index (χ0n) is 13.3. The number of carbonyl (C=O) groups is 1. The number of hydrogen-bond donors (Lipinski definition) is 0. The molecule has 0 aliphatic heterocycles. The maximum Gasteiger partial charge on any atom is 0.305 e. The van der Waals surface area contributed by atoms with Crippen LogP contribution in [0.5, 0.6) is 0 Å². The van der Waals surface area contributed by atoms with Crippen LogP contribution in [0.25, 0.3) is 10.9 Å². The topological polar surface area (TPSA) is 49.0 Å². The van der Waals surface area contributed by atoms with Gasteiger partial charge in [0, 0.05) is 42.5 Å². The first-order valence-corrected chi connectivity index (χ1v) is 7.96. The Balaban J connectivity index is 1.76. The molecule has 120 valence electrons. The normalized spacial score (nSPS) is 11.0. The van der Waals surface area contributed by atoms with Gasteiger partial charge >= 0.3 is 5.97 Å². The fourth-order valence-corrected chi connectivity index (χ4v) is 2.84. The molecule has 0 aliphatic carbocycles. The van der Waals surface area contributed by atoms with Crippen molar-refractivity contribution < 1.29 is 9.53 Å². The molecule has 0 saturated heterocycles. The van der Waals surface area contributed by atoms with Gasteiger partial charge in [-0.25, -0.2) is 4.98 Å². The number of aryl methyl sites for hydroxylation is 1. The number of benzene rings is 1. The summed E-state index contributed by atoms with van der Waals surface area (Å²) in [6.45, 7) is 3.88. The third-order valence-corrected chi connectivity index (χ3v) is 3.87. The Hall–Kier alpha value is -2.56. The van der Waals surface area contributed by atoms with Crippen molar-refractivity contribution in [1.29, 1.82) is 0 Å². The number of fused-ring (bicyclic) bond motifs is 1. The highest BCUT2D eigenvalue weighted by molar-refractivity contribution is 5.84. The van der Waals surface area contributed by atoms with E-state index in [1.807, 2.05) is 25.5 Å². The van der Waals surface area contributed by atoms with Crippen LogP contribution in [-0.4, -0.2) is 26.7 Å². The summed E-state index contributed by atoms with van der Waals surface area (Å²) in [6, 6.07) is 8.37. The summed E-state index contributed by atoms with van der Waals surface area (Å²) >= 11 is 0. The molecule has 23 heavy (non-hydrogen) atoms. The molecule has 5 heteroatoms. The Bertz CT molecular complexity index is 775. The van der Waals surface area contributed by atoms with Crippen molar-refractivity contribution in [3.63, 3.8) is 0 Å². The molecule has 0 radical (unpaired) electrons. The maximum absolute atomic E-state index is 11.5. The van der Waals surface area contributed by atoms with Gasteiger partial charge in [0.2, 0.25) is 0 Å². The smallest absolute Gasteiger partial charge is 0.305 e. The highest BCUT2D eigenvalue weighted by Gasteiger charge is 2.09. The second kappa shape index (κ2) is 7.13. The number of imidazole rings is 1. The van der Waals surface area contributed by atoms with Crippen molar-refractivity contribution in [2.75, 3.05) is 6.61 Å². The van der Waals surface area contributed by atoms with E-state index in [2.05, 4.69) is 38.5 Å². The second-order valence-corrected chi connectivity index (χ2v) is 5.51. The number of para-hydroxylation sites is 1. The van der Waals surface area contributed by atoms with Crippen LogP contribution in [0.3, 0.4) is 0 Å². The number of rotatable bonds is 7. The number of ether oxygens (including phenoxy) is 1. The largest absolute Gasteiger partial charge is 0.466 e. The van der Waals surface area contributed by atoms with Gasteiger partial charge in [-0.15, -0.1) is 0 Å². The van der Waals surface area contributed by atoms with Crippen molar-refractivity contribution in [2.24, 2.45) is 0 Å². The second-order valence-electron chi connectivity index (χ2n) is 5.51. The monoisotopic (exact) mass is 311 g/mol. The summed E-state index contributed by atoms with van der Waals surface area (Å²) in [7, 11) is 0. The van der Waals surface area contributed by atoms with E-state index in [0.717, 1.165) is 19.5 Å². The molecule has 3 aromatic rings. The van der Waals surface area contributed by atoms with Crippen LogP contribution in [0.15, 0.2) is 49.2 Å². The van der Waals surface area contributed by atoms with E-state index in [1.54, 1.807) is 6.20 Å².